The number of likely N-dealkylation sites (tertiary alicyclic amines) is 1. The van der Waals surface area contributed by atoms with Crippen LogP contribution in [-0.2, 0) is 17.5 Å². The summed E-state index contributed by atoms with van der Waals surface area (Å²) in [6, 6.07) is 13.4. The van der Waals surface area contributed by atoms with Crippen LogP contribution < -0.4 is 5.32 Å². The van der Waals surface area contributed by atoms with E-state index in [1.54, 1.807) is 0 Å². The van der Waals surface area contributed by atoms with Gasteiger partial charge in [-0.15, -0.1) is 0 Å². The van der Waals surface area contributed by atoms with Crippen molar-refractivity contribution in [2.45, 2.75) is 25.6 Å². The maximum atomic E-state index is 12.9. The van der Waals surface area contributed by atoms with E-state index in [0.717, 1.165) is 31.8 Å². The molecule has 0 unspecified atom stereocenters. The number of piperidine rings is 1. The lowest BCUT2D eigenvalue weighted by atomic mass is 9.95. The molecular weight excluding hydrogens is 421 g/mol. The molecule has 2 aromatic carbocycles. The summed E-state index contributed by atoms with van der Waals surface area (Å²) in [7, 11) is 0. The van der Waals surface area contributed by atoms with Crippen LogP contribution in [0, 0.1) is 5.92 Å². The van der Waals surface area contributed by atoms with Crippen molar-refractivity contribution in [3.8, 4) is 0 Å². The van der Waals surface area contributed by atoms with Gasteiger partial charge in [0.2, 0.25) is 5.91 Å². The Morgan fingerprint density at radius 2 is 1.78 bits per heavy atom. The van der Waals surface area contributed by atoms with Crippen molar-refractivity contribution in [1.82, 2.24) is 4.90 Å². The first kappa shape index (κ1) is 19.9. The second-order valence-electron chi connectivity index (χ2n) is 6.72. The zero-order chi connectivity index (χ0) is 19.4. The molecule has 1 heterocycles. The highest BCUT2D eigenvalue weighted by molar-refractivity contribution is 9.10. The number of nitrogens with zero attached hydrogens (tertiary/aromatic N) is 1. The van der Waals surface area contributed by atoms with E-state index < -0.39 is 11.7 Å². The number of halogens is 4. The van der Waals surface area contributed by atoms with Gasteiger partial charge < -0.3 is 5.32 Å². The average Bonchev–Trinajstić information content (AvgIpc) is 2.64. The number of carbonyl (C=O) groups is 1. The molecule has 1 amide bonds. The van der Waals surface area contributed by atoms with Crippen molar-refractivity contribution >= 4 is 27.5 Å². The van der Waals surface area contributed by atoms with Gasteiger partial charge in [-0.1, -0.05) is 30.3 Å². The number of rotatable bonds is 4. The summed E-state index contributed by atoms with van der Waals surface area (Å²) in [5.74, 6) is -0.423. The number of benzene rings is 2. The third-order valence-corrected chi connectivity index (χ3v) is 5.45. The summed E-state index contributed by atoms with van der Waals surface area (Å²) in [4.78, 5) is 14.8. The van der Waals surface area contributed by atoms with Gasteiger partial charge in [0.25, 0.3) is 0 Å². The fourth-order valence-corrected chi connectivity index (χ4v) is 3.57. The quantitative estimate of drug-likeness (QED) is 0.697. The number of hydrogen-bond acceptors (Lipinski definition) is 2. The second-order valence-corrected chi connectivity index (χ2v) is 7.57. The minimum absolute atomic E-state index is 0.154. The molecule has 0 aliphatic carbocycles. The molecule has 1 aliphatic heterocycles. The van der Waals surface area contributed by atoms with Crippen molar-refractivity contribution in [2.75, 3.05) is 18.4 Å². The Morgan fingerprint density at radius 1 is 1.11 bits per heavy atom. The van der Waals surface area contributed by atoms with Gasteiger partial charge in [-0.05, 0) is 65.6 Å². The van der Waals surface area contributed by atoms with Gasteiger partial charge in [0, 0.05) is 16.9 Å². The van der Waals surface area contributed by atoms with E-state index in [1.807, 2.05) is 18.2 Å². The molecule has 0 aromatic heterocycles. The van der Waals surface area contributed by atoms with E-state index in [4.69, 9.17) is 0 Å². The van der Waals surface area contributed by atoms with Crippen LogP contribution in [-0.4, -0.2) is 23.9 Å². The number of nitrogens with one attached hydrogen (secondary N) is 1. The van der Waals surface area contributed by atoms with Crippen LogP contribution in [0.3, 0.4) is 0 Å². The van der Waals surface area contributed by atoms with E-state index in [1.165, 1.54) is 11.6 Å². The maximum absolute atomic E-state index is 12.9. The molecule has 1 aliphatic rings. The van der Waals surface area contributed by atoms with Crippen molar-refractivity contribution in [2.24, 2.45) is 5.92 Å². The monoisotopic (exact) mass is 440 g/mol. The molecule has 7 heteroatoms. The van der Waals surface area contributed by atoms with E-state index in [-0.39, 0.29) is 17.5 Å². The molecule has 1 saturated heterocycles. The molecule has 1 fully saturated rings. The zero-order valence-corrected chi connectivity index (χ0v) is 16.2. The Bertz CT molecular complexity index is 788. The van der Waals surface area contributed by atoms with Crippen LogP contribution in [0.2, 0.25) is 0 Å². The molecule has 0 radical (unpaired) electrons. The zero-order valence-electron chi connectivity index (χ0n) is 14.6. The summed E-state index contributed by atoms with van der Waals surface area (Å²) in [5.41, 5.74) is 0.605. The second kappa shape index (κ2) is 8.44. The van der Waals surface area contributed by atoms with Gasteiger partial charge in [-0.3, -0.25) is 9.69 Å². The Balaban J connectivity index is 1.57. The third-order valence-electron chi connectivity index (χ3n) is 4.76. The average molecular weight is 441 g/mol. The summed E-state index contributed by atoms with van der Waals surface area (Å²) in [6.07, 6.45) is -3.06. The van der Waals surface area contributed by atoms with E-state index in [2.05, 4.69) is 38.3 Å². The molecule has 3 nitrogen and oxygen atoms in total. The molecule has 1 N–H and O–H groups in total. The predicted molar refractivity (Wildman–Crippen MR) is 102 cm³/mol. The van der Waals surface area contributed by atoms with Crippen molar-refractivity contribution in [1.29, 1.82) is 0 Å². The lowest BCUT2D eigenvalue weighted by Gasteiger charge is -2.31. The van der Waals surface area contributed by atoms with Crippen molar-refractivity contribution < 1.29 is 18.0 Å². The smallest absolute Gasteiger partial charge is 0.325 e. The van der Waals surface area contributed by atoms with Crippen LogP contribution in [0.5, 0.6) is 0 Å². The Kier molecular flexibility index (Phi) is 6.22. The topological polar surface area (TPSA) is 32.3 Å². The van der Waals surface area contributed by atoms with E-state index >= 15 is 0 Å². The van der Waals surface area contributed by atoms with Gasteiger partial charge in [0.05, 0.1) is 11.3 Å². The standard InChI is InChI=1S/C20H20BrF3N2O/c21-17-7-6-16(20(22,23)24)12-18(17)25-19(27)15-8-10-26(11-9-15)13-14-4-2-1-3-5-14/h1-7,12,15H,8-11,13H2,(H,25,27). The Morgan fingerprint density at radius 3 is 2.41 bits per heavy atom. The van der Waals surface area contributed by atoms with Crippen molar-refractivity contribution in [3.63, 3.8) is 0 Å². The minimum atomic E-state index is -4.44. The van der Waals surface area contributed by atoms with Crippen LogP contribution in [0.25, 0.3) is 0 Å². The normalized spacial score (nSPS) is 16.3. The van der Waals surface area contributed by atoms with Gasteiger partial charge in [-0.2, -0.15) is 13.2 Å². The summed E-state index contributed by atoms with van der Waals surface area (Å²) in [6.45, 7) is 2.42. The van der Waals surface area contributed by atoms with Crippen molar-refractivity contribution in [3.05, 3.63) is 64.1 Å². The summed E-state index contributed by atoms with van der Waals surface area (Å²) < 4.78 is 39.1. The molecule has 144 valence electrons. The van der Waals surface area contributed by atoms with E-state index in [0.29, 0.717) is 17.3 Å². The first-order chi connectivity index (χ1) is 12.8. The van der Waals surface area contributed by atoms with Crippen LogP contribution in [0.1, 0.15) is 24.0 Å². The number of carbonyl (C=O) groups excluding carboxylic acids is 1. The van der Waals surface area contributed by atoms with Gasteiger partial charge >= 0.3 is 6.18 Å². The number of hydrogen-bond donors (Lipinski definition) is 1. The predicted octanol–water partition coefficient (Wildman–Crippen LogP) is 5.32. The fourth-order valence-electron chi connectivity index (χ4n) is 3.23. The molecule has 27 heavy (non-hydrogen) atoms. The SMILES string of the molecule is O=C(Nc1cc(C(F)(F)F)ccc1Br)C1CCN(Cc2ccccc2)CC1. The molecular formula is C20H20BrF3N2O. The lowest BCUT2D eigenvalue weighted by molar-refractivity contribution is -0.137. The molecule has 3 rings (SSSR count). The molecule has 0 bridgehead atoms. The molecule has 0 spiro atoms. The summed E-state index contributed by atoms with van der Waals surface area (Å²) >= 11 is 3.21. The maximum Gasteiger partial charge on any atom is 0.416 e. The van der Waals surface area contributed by atoms with Crippen LogP contribution in [0.15, 0.2) is 53.0 Å². The fraction of sp³-hybridized carbons (Fsp3) is 0.350. The Labute approximate surface area is 164 Å². The molecule has 2 aromatic rings. The summed E-state index contributed by atoms with van der Waals surface area (Å²) in [5, 5.41) is 2.65. The highest BCUT2D eigenvalue weighted by Crippen LogP contribution is 2.34. The first-order valence-corrected chi connectivity index (χ1v) is 9.56. The minimum Gasteiger partial charge on any atom is -0.325 e. The van der Waals surface area contributed by atoms with Gasteiger partial charge in [0.1, 0.15) is 0 Å². The highest BCUT2D eigenvalue weighted by atomic mass is 79.9. The van der Waals surface area contributed by atoms with E-state index in [9.17, 15) is 18.0 Å². The largest absolute Gasteiger partial charge is 0.416 e. The first-order valence-electron chi connectivity index (χ1n) is 8.77. The third kappa shape index (κ3) is 5.32. The van der Waals surface area contributed by atoms with Crippen LogP contribution >= 0.6 is 15.9 Å². The Hall–Kier alpha value is -1.86. The number of amides is 1. The highest BCUT2D eigenvalue weighted by Gasteiger charge is 2.31. The number of alkyl halides is 3. The number of anilines is 1. The van der Waals surface area contributed by atoms with Gasteiger partial charge in [0.15, 0.2) is 0 Å². The molecule has 0 saturated carbocycles. The van der Waals surface area contributed by atoms with Crippen LogP contribution in [0.4, 0.5) is 18.9 Å². The lowest BCUT2D eigenvalue weighted by Crippen LogP contribution is -2.37. The molecule has 0 atom stereocenters. The van der Waals surface area contributed by atoms with Gasteiger partial charge in [-0.25, -0.2) is 0 Å².